The molecule has 0 spiro atoms. The van der Waals surface area contributed by atoms with Crippen molar-refractivity contribution in [1.29, 1.82) is 0 Å². The van der Waals surface area contributed by atoms with E-state index in [9.17, 15) is 9.59 Å². The molecule has 1 aromatic carbocycles. The van der Waals surface area contributed by atoms with Gasteiger partial charge in [-0.3, -0.25) is 14.0 Å². The van der Waals surface area contributed by atoms with Gasteiger partial charge in [-0.05, 0) is 6.92 Å². The van der Waals surface area contributed by atoms with E-state index in [1.807, 2.05) is 37.3 Å². The summed E-state index contributed by atoms with van der Waals surface area (Å²) in [4.78, 5) is 31.2. The van der Waals surface area contributed by atoms with Gasteiger partial charge in [0.2, 0.25) is 0 Å². The first-order valence-corrected chi connectivity index (χ1v) is 9.75. The van der Waals surface area contributed by atoms with Crippen LogP contribution in [0.3, 0.4) is 0 Å². The summed E-state index contributed by atoms with van der Waals surface area (Å²) in [7, 11) is 0. The molecule has 140 valence electrons. The fourth-order valence-corrected chi connectivity index (χ4v) is 4.37. The fraction of sp³-hybridized carbons (Fsp3) is 0.211. The molecule has 1 aliphatic heterocycles. The van der Waals surface area contributed by atoms with E-state index in [2.05, 4.69) is 19.7 Å². The lowest BCUT2D eigenvalue weighted by Crippen LogP contribution is -2.41. The molecule has 0 saturated carbocycles. The molecule has 5 rings (SSSR count). The Balaban J connectivity index is 1.51. The van der Waals surface area contributed by atoms with E-state index >= 15 is 0 Å². The average molecular weight is 392 g/mol. The van der Waals surface area contributed by atoms with Crippen molar-refractivity contribution >= 4 is 22.2 Å². The second-order valence-electron chi connectivity index (χ2n) is 6.75. The van der Waals surface area contributed by atoms with Crippen LogP contribution in [-0.2, 0) is 6.54 Å². The third-order valence-electron chi connectivity index (χ3n) is 4.88. The minimum atomic E-state index is -0.412. The smallest absolute Gasteiger partial charge is 0.274 e. The van der Waals surface area contributed by atoms with Crippen LogP contribution in [0.4, 0.5) is 0 Å². The number of benzene rings is 1. The summed E-state index contributed by atoms with van der Waals surface area (Å²) in [5.41, 5.74) is 0.902. The van der Waals surface area contributed by atoms with E-state index in [-0.39, 0.29) is 11.9 Å². The number of aromatic nitrogens is 5. The molecular weight excluding hydrogens is 376 g/mol. The Labute approximate surface area is 163 Å². The quantitative estimate of drug-likeness (QED) is 0.522. The molecule has 1 amide bonds. The normalized spacial score (nSPS) is 16.3. The molecule has 0 unspecified atom stereocenters. The Morgan fingerprint density at radius 2 is 2.04 bits per heavy atom. The minimum absolute atomic E-state index is 0.00873. The third kappa shape index (κ3) is 2.63. The zero-order chi connectivity index (χ0) is 19.3. The van der Waals surface area contributed by atoms with Crippen LogP contribution in [0.25, 0.3) is 16.3 Å². The van der Waals surface area contributed by atoms with Crippen molar-refractivity contribution in [3.8, 4) is 11.4 Å². The van der Waals surface area contributed by atoms with E-state index in [4.69, 9.17) is 0 Å². The number of carbonyl (C=O) groups excluding carboxylic acids is 1. The number of hydrogen-bond donors (Lipinski definition) is 0. The number of carbonyl (C=O) groups is 1. The second-order valence-corrected chi connectivity index (χ2v) is 7.62. The average Bonchev–Trinajstić information content (AvgIpc) is 3.34. The summed E-state index contributed by atoms with van der Waals surface area (Å²) in [6, 6.07) is 11.2. The fourth-order valence-electron chi connectivity index (χ4n) is 3.65. The lowest BCUT2D eigenvalue weighted by atomic mass is 10.1. The van der Waals surface area contributed by atoms with Crippen LogP contribution in [-0.4, -0.2) is 41.5 Å². The van der Waals surface area contributed by atoms with E-state index in [0.29, 0.717) is 23.7 Å². The molecule has 0 radical (unpaired) electrons. The zero-order valence-electron chi connectivity index (χ0n) is 15.0. The summed E-state index contributed by atoms with van der Waals surface area (Å²) in [6.45, 7) is 2.88. The van der Waals surface area contributed by atoms with E-state index in [1.165, 1.54) is 17.4 Å². The van der Waals surface area contributed by atoms with Gasteiger partial charge in [0.25, 0.3) is 11.5 Å². The molecule has 0 bridgehead atoms. The molecule has 28 heavy (non-hydrogen) atoms. The highest BCUT2D eigenvalue weighted by Crippen LogP contribution is 2.28. The van der Waals surface area contributed by atoms with Gasteiger partial charge in [-0.2, -0.15) is 4.98 Å². The maximum atomic E-state index is 13.2. The molecule has 1 atom stereocenters. The minimum Gasteiger partial charge on any atom is -0.328 e. The van der Waals surface area contributed by atoms with E-state index < -0.39 is 5.56 Å². The molecule has 9 heteroatoms. The summed E-state index contributed by atoms with van der Waals surface area (Å²) in [5, 5.41) is 10.5. The lowest BCUT2D eigenvalue weighted by Gasteiger charge is -2.32. The Kier molecular flexibility index (Phi) is 3.83. The number of hydrogen-bond acceptors (Lipinski definition) is 6. The second kappa shape index (κ2) is 6.38. The van der Waals surface area contributed by atoms with Gasteiger partial charge < -0.3 is 9.47 Å². The van der Waals surface area contributed by atoms with Crippen LogP contribution >= 0.6 is 11.3 Å². The van der Waals surface area contributed by atoms with Crippen LogP contribution in [0.1, 0.15) is 29.3 Å². The highest BCUT2D eigenvalue weighted by atomic mass is 32.1. The Hall–Kier alpha value is -3.33. The Morgan fingerprint density at radius 1 is 1.21 bits per heavy atom. The van der Waals surface area contributed by atoms with Crippen LogP contribution in [0, 0.1) is 0 Å². The summed E-state index contributed by atoms with van der Waals surface area (Å²) >= 11 is 1.32. The molecule has 1 aliphatic rings. The molecule has 0 fully saturated rings. The SMILES string of the molecule is C[C@H]1CN(C(=O)c2cc(=O)nc3sccn23)Cc2nnc(-c3ccccc3)n21. The van der Waals surface area contributed by atoms with Gasteiger partial charge in [0.1, 0.15) is 5.69 Å². The van der Waals surface area contributed by atoms with E-state index in [0.717, 1.165) is 17.2 Å². The van der Waals surface area contributed by atoms with Crippen LogP contribution < -0.4 is 5.56 Å². The van der Waals surface area contributed by atoms with Crippen molar-refractivity contribution in [2.75, 3.05) is 6.54 Å². The van der Waals surface area contributed by atoms with Crippen LogP contribution in [0.2, 0.25) is 0 Å². The number of nitrogens with zero attached hydrogens (tertiary/aromatic N) is 6. The molecule has 0 aliphatic carbocycles. The molecular formula is C19H16N6O2S. The van der Waals surface area contributed by atoms with Crippen molar-refractivity contribution in [3.63, 3.8) is 0 Å². The molecule has 4 aromatic rings. The van der Waals surface area contributed by atoms with Crippen molar-refractivity contribution in [2.45, 2.75) is 19.5 Å². The topological polar surface area (TPSA) is 85.4 Å². The van der Waals surface area contributed by atoms with Gasteiger partial charge in [0.15, 0.2) is 16.6 Å². The predicted molar refractivity (Wildman–Crippen MR) is 104 cm³/mol. The monoisotopic (exact) mass is 392 g/mol. The van der Waals surface area contributed by atoms with Gasteiger partial charge >= 0.3 is 0 Å². The van der Waals surface area contributed by atoms with Crippen molar-refractivity contribution in [1.82, 2.24) is 29.0 Å². The maximum absolute atomic E-state index is 13.2. The predicted octanol–water partition coefficient (Wildman–Crippen LogP) is 2.23. The zero-order valence-corrected chi connectivity index (χ0v) is 15.8. The van der Waals surface area contributed by atoms with Gasteiger partial charge in [0.05, 0.1) is 12.6 Å². The number of thiazole rings is 1. The van der Waals surface area contributed by atoms with Gasteiger partial charge in [-0.25, -0.2) is 0 Å². The van der Waals surface area contributed by atoms with Crippen molar-refractivity contribution in [2.24, 2.45) is 0 Å². The van der Waals surface area contributed by atoms with Crippen LogP contribution in [0.15, 0.2) is 52.8 Å². The largest absolute Gasteiger partial charge is 0.328 e. The number of fused-ring (bicyclic) bond motifs is 2. The van der Waals surface area contributed by atoms with Gasteiger partial charge in [-0.1, -0.05) is 30.3 Å². The summed E-state index contributed by atoms with van der Waals surface area (Å²) < 4.78 is 3.74. The number of amides is 1. The maximum Gasteiger partial charge on any atom is 0.274 e. The molecule has 8 nitrogen and oxygen atoms in total. The third-order valence-corrected chi connectivity index (χ3v) is 5.63. The molecule has 0 N–H and O–H groups in total. The van der Waals surface area contributed by atoms with Crippen LogP contribution in [0.5, 0.6) is 0 Å². The summed E-state index contributed by atoms with van der Waals surface area (Å²) in [6.07, 6.45) is 1.75. The first-order valence-electron chi connectivity index (χ1n) is 8.87. The molecule has 3 aromatic heterocycles. The first-order chi connectivity index (χ1) is 13.6. The van der Waals surface area contributed by atoms with Crippen molar-refractivity contribution < 1.29 is 4.79 Å². The summed E-state index contributed by atoms with van der Waals surface area (Å²) in [5.74, 6) is 1.32. The van der Waals surface area contributed by atoms with Gasteiger partial charge in [0, 0.05) is 29.8 Å². The van der Waals surface area contributed by atoms with E-state index in [1.54, 1.807) is 20.9 Å². The highest BCUT2D eigenvalue weighted by molar-refractivity contribution is 7.15. The lowest BCUT2D eigenvalue weighted by molar-refractivity contribution is 0.0674. The van der Waals surface area contributed by atoms with Crippen molar-refractivity contribution in [3.05, 3.63) is 69.8 Å². The number of rotatable bonds is 2. The Morgan fingerprint density at radius 3 is 2.86 bits per heavy atom. The molecule has 4 heterocycles. The van der Waals surface area contributed by atoms with Gasteiger partial charge in [-0.15, -0.1) is 21.5 Å². The highest BCUT2D eigenvalue weighted by Gasteiger charge is 2.31. The Bertz CT molecular complexity index is 1240. The standard InChI is InChI=1S/C19H16N6O2S/c1-12-10-23(18(27)14-9-16(26)20-19-24(14)7-8-28-19)11-15-21-22-17(25(12)15)13-5-3-2-4-6-13/h2-9,12H,10-11H2,1H3/t12-/m0/s1. The molecule has 0 saturated heterocycles. The first kappa shape index (κ1) is 16.8.